The molecular formula is C17H27BN2O3. The van der Waals surface area contributed by atoms with E-state index in [4.69, 9.17) is 14.0 Å². The minimum atomic E-state index is -0.363. The molecule has 0 radical (unpaired) electrons. The van der Waals surface area contributed by atoms with Crippen LogP contribution in [0.5, 0.6) is 0 Å². The van der Waals surface area contributed by atoms with Crippen LogP contribution in [0.15, 0.2) is 23.9 Å². The molecule has 0 aliphatic carbocycles. The van der Waals surface area contributed by atoms with Gasteiger partial charge in [0.15, 0.2) is 0 Å². The zero-order chi connectivity index (χ0) is 17.0. The predicted molar refractivity (Wildman–Crippen MR) is 89.9 cm³/mol. The maximum absolute atomic E-state index is 6.23. The van der Waals surface area contributed by atoms with E-state index in [9.17, 15) is 0 Å². The lowest BCUT2D eigenvalue weighted by Crippen LogP contribution is -2.41. The Morgan fingerprint density at radius 2 is 1.74 bits per heavy atom. The van der Waals surface area contributed by atoms with Gasteiger partial charge in [-0.15, -0.1) is 0 Å². The van der Waals surface area contributed by atoms with E-state index in [1.807, 2.05) is 19.4 Å². The maximum Gasteiger partial charge on any atom is 0.490 e. The number of hydrogen-bond acceptors (Lipinski definition) is 4. The predicted octanol–water partition coefficient (Wildman–Crippen LogP) is 3.22. The van der Waals surface area contributed by atoms with E-state index in [1.54, 1.807) is 4.68 Å². The first-order valence-electron chi connectivity index (χ1n) is 8.23. The summed E-state index contributed by atoms with van der Waals surface area (Å²) in [5.74, 6) is 0. The highest BCUT2D eigenvalue weighted by Crippen LogP contribution is 2.43. The molecule has 1 fully saturated rings. The molecule has 5 nitrogen and oxygen atoms in total. The highest BCUT2D eigenvalue weighted by atomic mass is 16.7. The quantitative estimate of drug-likeness (QED) is 0.786. The van der Waals surface area contributed by atoms with Crippen LogP contribution in [0.25, 0.3) is 0 Å². The lowest BCUT2D eigenvalue weighted by Gasteiger charge is -2.35. The van der Waals surface area contributed by atoms with Crippen LogP contribution in [0.1, 0.15) is 59.6 Å². The first-order valence-corrected chi connectivity index (χ1v) is 8.23. The van der Waals surface area contributed by atoms with Crippen molar-refractivity contribution in [2.24, 2.45) is 7.05 Å². The zero-order valence-electron chi connectivity index (χ0n) is 15.2. The summed E-state index contributed by atoms with van der Waals surface area (Å²) >= 11 is 0. The molecule has 3 heterocycles. The normalized spacial score (nSPS) is 28.7. The fourth-order valence-corrected chi connectivity index (χ4v) is 3.11. The molecule has 6 heteroatoms. The molecule has 0 bridgehead atoms. The van der Waals surface area contributed by atoms with Gasteiger partial charge in [-0.3, -0.25) is 4.68 Å². The van der Waals surface area contributed by atoms with E-state index < -0.39 is 0 Å². The average molecular weight is 318 g/mol. The van der Waals surface area contributed by atoms with Crippen LogP contribution < -0.4 is 0 Å². The molecule has 2 aliphatic heterocycles. The van der Waals surface area contributed by atoms with Gasteiger partial charge in [0.2, 0.25) is 0 Å². The standard InChI is InChI=1S/C17H27BN2O3/c1-15(2)9-13(18-22-16(3,4)17(5,6)23-18)8-14(21-15)12-10-19-20(7)11-12/h9-11,14H,8H2,1-7H3. The first kappa shape index (κ1) is 16.7. The highest BCUT2D eigenvalue weighted by Gasteiger charge is 2.53. The fourth-order valence-electron chi connectivity index (χ4n) is 3.11. The van der Waals surface area contributed by atoms with Crippen molar-refractivity contribution in [1.82, 2.24) is 9.78 Å². The van der Waals surface area contributed by atoms with Crippen molar-refractivity contribution in [3.8, 4) is 0 Å². The van der Waals surface area contributed by atoms with Crippen molar-refractivity contribution in [3.05, 3.63) is 29.5 Å². The molecule has 0 spiro atoms. The van der Waals surface area contributed by atoms with Gasteiger partial charge in [0.05, 0.1) is 29.1 Å². The number of hydrogen-bond donors (Lipinski definition) is 0. The fraction of sp³-hybridized carbons (Fsp3) is 0.706. The molecule has 1 aromatic rings. The third kappa shape index (κ3) is 3.12. The molecule has 0 aromatic carbocycles. The minimum absolute atomic E-state index is 0.0299. The van der Waals surface area contributed by atoms with Crippen molar-refractivity contribution in [2.75, 3.05) is 0 Å². The Labute approximate surface area is 139 Å². The molecule has 3 rings (SSSR count). The Kier molecular flexibility index (Phi) is 3.78. The van der Waals surface area contributed by atoms with Gasteiger partial charge in [-0.1, -0.05) is 6.08 Å². The van der Waals surface area contributed by atoms with E-state index in [0.29, 0.717) is 0 Å². The summed E-state index contributed by atoms with van der Waals surface area (Å²) in [4.78, 5) is 0. The summed E-state index contributed by atoms with van der Waals surface area (Å²) in [5, 5.41) is 4.26. The second kappa shape index (κ2) is 5.20. The van der Waals surface area contributed by atoms with Crippen LogP contribution in [0.3, 0.4) is 0 Å². The molecular weight excluding hydrogens is 291 g/mol. The molecule has 1 aromatic heterocycles. The highest BCUT2D eigenvalue weighted by molar-refractivity contribution is 6.54. The topological polar surface area (TPSA) is 45.5 Å². The zero-order valence-corrected chi connectivity index (χ0v) is 15.2. The lowest BCUT2D eigenvalue weighted by atomic mass is 9.71. The summed E-state index contributed by atoms with van der Waals surface area (Å²) in [6, 6.07) is 0. The van der Waals surface area contributed by atoms with Gasteiger partial charge in [-0.05, 0) is 53.4 Å². The van der Waals surface area contributed by atoms with Crippen LogP contribution in [0.2, 0.25) is 0 Å². The Balaban J connectivity index is 1.86. The largest absolute Gasteiger partial charge is 0.490 e. The number of rotatable bonds is 2. The van der Waals surface area contributed by atoms with Crippen LogP contribution in [0, 0.1) is 0 Å². The molecule has 2 aliphatic rings. The van der Waals surface area contributed by atoms with Crippen molar-refractivity contribution in [3.63, 3.8) is 0 Å². The SMILES string of the molecule is Cn1cc(C2CC(B3OC(C)(C)C(C)(C)O3)=CC(C)(C)O2)cn1. The Bertz CT molecular complexity index is 618. The van der Waals surface area contributed by atoms with Gasteiger partial charge in [-0.2, -0.15) is 5.10 Å². The van der Waals surface area contributed by atoms with Gasteiger partial charge in [0.1, 0.15) is 0 Å². The van der Waals surface area contributed by atoms with E-state index >= 15 is 0 Å². The minimum Gasteiger partial charge on any atom is -0.400 e. The molecule has 23 heavy (non-hydrogen) atoms. The number of ether oxygens (including phenoxy) is 1. The van der Waals surface area contributed by atoms with E-state index in [0.717, 1.165) is 17.5 Å². The second-order valence-corrected chi connectivity index (χ2v) is 8.17. The van der Waals surface area contributed by atoms with Crippen molar-refractivity contribution in [1.29, 1.82) is 0 Å². The Morgan fingerprint density at radius 1 is 1.13 bits per heavy atom. The Morgan fingerprint density at radius 3 is 2.26 bits per heavy atom. The summed E-state index contributed by atoms with van der Waals surface area (Å²) in [6.07, 6.45) is 6.74. The van der Waals surface area contributed by atoms with Gasteiger partial charge < -0.3 is 14.0 Å². The van der Waals surface area contributed by atoms with Gasteiger partial charge in [0.25, 0.3) is 0 Å². The van der Waals surface area contributed by atoms with Crippen LogP contribution in [-0.2, 0) is 21.1 Å². The van der Waals surface area contributed by atoms with Crippen molar-refractivity contribution < 1.29 is 14.0 Å². The molecule has 0 amide bonds. The molecule has 126 valence electrons. The molecule has 1 atom stereocenters. The monoisotopic (exact) mass is 318 g/mol. The number of nitrogens with zero attached hydrogens (tertiary/aromatic N) is 2. The first-order chi connectivity index (χ1) is 10.5. The van der Waals surface area contributed by atoms with E-state index in [1.165, 1.54) is 0 Å². The molecule has 1 unspecified atom stereocenters. The summed E-state index contributed by atoms with van der Waals surface area (Å²) in [7, 11) is 1.60. The van der Waals surface area contributed by atoms with Gasteiger partial charge in [-0.25, -0.2) is 0 Å². The maximum atomic E-state index is 6.23. The Hall–Kier alpha value is -1.11. The third-order valence-corrected chi connectivity index (χ3v) is 5.05. The van der Waals surface area contributed by atoms with Gasteiger partial charge in [0, 0.05) is 18.8 Å². The van der Waals surface area contributed by atoms with E-state index in [2.05, 4.69) is 52.7 Å². The van der Waals surface area contributed by atoms with Crippen LogP contribution >= 0.6 is 0 Å². The summed E-state index contributed by atoms with van der Waals surface area (Å²) in [6.45, 7) is 12.5. The number of aromatic nitrogens is 2. The smallest absolute Gasteiger partial charge is 0.400 e. The van der Waals surface area contributed by atoms with Crippen molar-refractivity contribution >= 4 is 7.12 Å². The lowest BCUT2D eigenvalue weighted by molar-refractivity contribution is -0.0523. The average Bonchev–Trinajstić information content (AvgIpc) is 2.90. The second-order valence-electron chi connectivity index (χ2n) is 8.17. The van der Waals surface area contributed by atoms with Crippen LogP contribution in [-0.4, -0.2) is 33.7 Å². The summed E-state index contributed by atoms with van der Waals surface area (Å²) in [5.41, 5.74) is 1.21. The van der Waals surface area contributed by atoms with Crippen LogP contribution in [0.4, 0.5) is 0 Å². The number of aryl methyl sites for hydroxylation is 1. The van der Waals surface area contributed by atoms with E-state index in [-0.39, 0.29) is 30.0 Å². The van der Waals surface area contributed by atoms with Crippen molar-refractivity contribution in [2.45, 2.75) is 70.9 Å². The van der Waals surface area contributed by atoms with Gasteiger partial charge >= 0.3 is 7.12 Å². The molecule has 0 saturated carbocycles. The summed E-state index contributed by atoms with van der Waals surface area (Å²) < 4.78 is 20.5. The third-order valence-electron chi connectivity index (χ3n) is 5.05. The molecule has 0 N–H and O–H groups in total. The molecule has 1 saturated heterocycles.